The van der Waals surface area contributed by atoms with Crippen LogP contribution in [-0.2, 0) is 23.8 Å². The van der Waals surface area contributed by atoms with Crippen LogP contribution in [0, 0.1) is 0 Å². The lowest BCUT2D eigenvalue weighted by atomic mass is 10.0. The van der Waals surface area contributed by atoms with Gasteiger partial charge in [-0.05, 0) is 12.1 Å². The number of rotatable bonds is 6. The average molecular weight is 471 g/mol. The number of aromatic nitrogens is 2. The second-order valence-electron chi connectivity index (χ2n) is 7.85. The zero-order valence-corrected chi connectivity index (χ0v) is 18.3. The van der Waals surface area contributed by atoms with Crippen LogP contribution in [0.4, 0.5) is 0 Å². The van der Waals surface area contributed by atoms with Gasteiger partial charge in [0, 0.05) is 32.5 Å². The largest absolute Gasteiger partial charge is 0.462 e. The number of nitrogens with zero attached hydrogens (tertiary/aromatic N) is 2. The number of aromatic amines is 1. The number of nitrogens with one attached hydrogen (secondary N) is 1. The van der Waals surface area contributed by atoms with E-state index in [1.54, 1.807) is 12.1 Å². The first-order valence-corrected chi connectivity index (χ1v) is 10.4. The van der Waals surface area contributed by atoms with E-state index in [1.165, 1.54) is 25.3 Å². The number of hydrogen-bond acceptors (Lipinski definition) is 9. The van der Waals surface area contributed by atoms with Crippen LogP contribution in [0.1, 0.15) is 47.2 Å². The number of esters is 2. The highest BCUT2D eigenvalue weighted by Crippen LogP contribution is 2.37. The van der Waals surface area contributed by atoms with Crippen LogP contribution in [-0.4, -0.2) is 63.1 Å². The molecule has 1 fully saturated rings. The van der Waals surface area contributed by atoms with Gasteiger partial charge in [-0.25, -0.2) is 4.79 Å². The summed E-state index contributed by atoms with van der Waals surface area (Å²) in [5, 5.41) is 0. The molecule has 3 heterocycles. The van der Waals surface area contributed by atoms with Crippen molar-refractivity contribution in [2.75, 3.05) is 6.61 Å². The van der Waals surface area contributed by atoms with Crippen LogP contribution in [0.2, 0.25) is 0 Å². The number of carbonyl (C=O) groups excluding carboxylic acids is 4. The average Bonchev–Trinajstić information content (AvgIpc) is 3.30. The van der Waals surface area contributed by atoms with E-state index in [4.69, 9.17) is 14.2 Å². The van der Waals surface area contributed by atoms with E-state index >= 15 is 0 Å². The van der Waals surface area contributed by atoms with E-state index in [0.29, 0.717) is 0 Å². The zero-order chi connectivity index (χ0) is 24.6. The standard InChI is InChI=1S/C22H21N3O9/c1-11(26)32-10-16(33-12(2)27)19-15(9-18(34-19)24-8-7-17(28)23-22(24)31)25-20(29)13-5-3-4-6-14(13)21(25)30/h3-8,15-16,18-19H,9-10H2,1-2H3,(H,23,28,31)/t15-,16-,18+,19+/m1/s1. The lowest BCUT2D eigenvalue weighted by Crippen LogP contribution is -2.51. The summed E-state index contributed by atoms with van der Waals surface area (Å²) in [5.41, 5.74) is -0.955. The molecule has 2 aliphatic heterocycles. The van der Waals surface area contributed by atoms with Gasteiger partial charge in [0.2, 0.25) is 0 Å². The van der Waals surface area contributed by atoms with Crippen molar-refractivity contribution in [2.24, 2.45) is 0 Å². The molecule has 0 spiro atoms. The van der Waals surface area contributed by atoms with Crippen molar-refractivity contribution in [3.63, 3.8) is 0 Å². The summed E-state index contributed by atoms with van der Waals surface area (Å²) in [6, 6.07) is 6.44. The predicted octanol–water partition coefficient (Wildman–Crippen LogP) is -0.0163. The van der Waals surface area contributed by atoms with Gasteiger partial charge in [0.15, 0.2) is 6.10 Å². The molecule has 0 unspecified atom stereocenters. The Hall–Kier alpha value is -4.06. The van der Waals surface area contributed by atoms with Crippen molar-refractivity contribution in [3.05, 3.63) is 68.5 Å². The van der Waals surface area contributed by atoms with Crippen LogP contribution in [0.25, 0.3) is 0 Å². The first-order valence-electron chi connectivity index (χ1n) is 10.4. The van der Waals surface area contributed by atoms with Gasteiger partial charge in [0.25, 0.3) is 17.4 Å². The molecule has 12 nitrogen and oxygen atoms in total. The maximum Gasteiger partial charge on any atom is 0.330 e. The molecule has 0 bridgehead atoms. The van der Waals surface area contributed by atoms with Gasteiger partial charge in [0.05, 0.1) is 17.2 Å². The Morgan fingerprint density at radius 3 is 2.26 bits per heavy atom. The Bertz CT molecular complexity index is 1250. The third-order valence-corrected chi connectivity index (χ3v) is 5.59. The maximum atomic E-state index is 13.1. The molecule has 1 N–H and O–H groups in total. The van der Waals surface area contributed by atoms with Gasteiger partial charge < -0.3 is 14.2 Å². The van der Waals surface area contributed by atoms with Gasteiger partial charge in [-0.3, -0.25) is 38.4 Å². The highest BCUT2D eigenvalue weighted by Gasteiger charge is 2.51. The summed E-state index contributed by atoms with van der Waals surface area (Å²) in [4.78, 5) is 76.4. The number of ether oxygens (including phenoxy) is 3. The third-order valence-electron chi connectivity index (χ3n) is 5.59. The minimum Gasteiger partial charge on any atom is -0.462 e. The summed E-state index contributed by atoms with van der Waals surface area (Å²) in [7, 11) is 0. The molecule has 4 atom stereocenters. The molecule has 2 aromatic rings. The monoisotopic (exact) mass is 471 g/mol. The first-order chi connectivity index (χ1) is 16.2. The number of hydrogen-bond donors (Lipinski definition) is 1. The molecule has 2 amide bonds. The number of fused-ring (bicyclic) bond motifs is 1. The van der Waals surface area contributed by atoms with E-state index in [2.05, 4.69) is 4.98 Å². The fourth-order valence-corrected chi connectivity index (χ4v) is 4.21. The van der Waals surface area contributed by atoms with Crippen LogP contribution in [0.3, 0.4) is 0 Å². The smallest absolute Gasteiger partial charge is 0.330 e. The third kappa shape index (κ3) is 4.27. The quantitative estimate of drug-likeness (QED) is 0.452. The van der Waals surface area contributed by atoms with Gasteiger partial charge in [-0.2, -0.15) is 0 Å². The first kappa shape index (κ1) is 23.1. The molecule has 0 aliphatic carbocycles. The van der Waals surface area contributed by atoms with Crippen molar-refractivity contribution in [3.8, 4) is 0 Å². The van der Waals surface area contributed by atoms with E-state index in [0.717, 1.165) is 22.5 Å². The zero-order valence-electron chi connectivity index (χ0n) is 18.3. The predicted molar refractivity (Wildman–Crippen MR) is 113 cm³/mol. The van der Waals surface area contributed by atoms with Crippen LogP contribution >= 0.6 is 0 Å². The summed E-state index contributed by atoms with van der Waals surface area (Å²) >= 11 is 0. The highest BCUT2D eigenvalue weighted by atomic mass is 16.6. The molecule has 0 radical (unpaired) electrons. The Kier molecular flexibility index (Phi) is 6.16. The Morgan fingerprint density at radius 1 is 1.06 bits per heavy atom. The second kappa shape index (κ2) is 9.06. The summed E-state index contributed by atoms with van der Waals surface area (Å²) in [6.45, 7) is 1.92. The molecule has 4 rings (SSSR count). The molecule has 2 aliphatic rings. The second-order valence-corrected chi connectivity index (χ2v) is 7.85. The number of benzene rings is 1. The van der Waals surface area contributed by atoms with E-state index in [1.807, 2.05) is 0 Å². The van der Waals surface area contributed by atoms with Crippen molar-refractivity contribution < 1.29 is 33.4 Å². The lowest BCUT2D eigenvalue weighted by molar-refractivity contribution is -0.169. The lowest BCUT2D eigenvalue weighted by Gasteiger charge is -2.31. The van der Waals surface area contributed by atoms with Crippen LogP contribution < -0.4 is 11.2 Å². The van der Waals surface area contributed by atoms with Gasteiger partial charge in [-0.15, -0.1) is 0 Å². The molecule has 1 aromatic carbocycles. The summed E-state index contributed by atoms with van der Waals surface area (Å²) in [6.07, 6.45) is -2.15. The van der Waals surface area contributed by atoms with Gasteiger partial charge in [0.1, 0.15) is 18.9 Å². The number of imide groups is 1. The minimum absolute atomic E-state index is 0.0417. The van der Waals surface area contributed by atoms with Crippen LogP contribution in [0.5, 0.6) is 0 Å². The van der Waals surface area contributed by atoms with E-state index in [9.17, 15) is 28.8 Å². The molecular weight excluding hydrogens is 450 g/mol. The van der Waals surface area contributed by atoms with Crippen molar-refractivity contribution >= 4 is 23.8 Å². The molecule has 1 aromatic heterocycles. The van der Waals surface area contributed by atoms with E-state index < -0.39 is 66.1 Å². The highest BCUT2D eigenvalue weighted by molar-refractivity contribution is 6.21. The topological polar surface area (TPSA) is 154 Å². The molecule has 178 valence electrons. The SMILES string of the molecule is CC(=O)OC[C@@H](OC(C)=O)[C@H]1O[C@H](n2ccc(=O)[nH]c2=O)C[C@H]1N1C(=O)c2ccccc2C1=O. The Labute approximate surface area is 192 Å². The Morgan fingerprint density at radius 2 is 1.71 bits per heavy atom. The number of amides is 2. The molecule has 34 heavy (non-hydrogen) atoms. The van der Waals surface area contributed by atoms with Gasteiger partial charge in [-0.1, -0.05) is 12.1 Å². The van der Waals surface area contributed by atoms with Crippen molar-refractivity contribution in [2.45, 2.75) is 44.7 Å². The molecule has 12 heteroatoms. The summed E-state index contributed by atoms with van der Waals surface area (Å²) < 4.78 is 17.5. The maximum absolute atomic E-state index is 13.1. The normalized spacial score (nSPS) is 22.4. The van der Waals surface area contributed by atoms with Crippen molar-refractivity contribution in [1.29, 1.82) is 0 Å². The number of carbonyl (C=O) groups is 4. The van der Waals surface area contributed by atoms with Crippen molar-refractivity contribution in [1.82, 2.24) is 14.5 Å². The fourth-order valence-electron chi connectivity index (χ4n) is 4.21. The molecule has 0 saturated carbocycles. The van der Waals surface area contributed by atoms with E-state index in [-0.39, 0.29) is 17.5 Å². The summed E-state index contributed by atoms with van der Waals surface area (Å²) in [5.74, 6) is -2.47. The van der Waals surface area contributed by atoms with Gasteiger partial charge >= 0.3 is 17.6 Å². The number of H-pyrrole nitrogens is 1. The molecule has 1 saturated heterocycles. The molecular formula is C22H21N3O9. The minimum atomic E-state index is -1.18. The van der Waals surface area contributed by atoms with Crippen LogP contribution in [0.15, 0.2) is 46.1 Å². The fraction of sp³-hybridized carbons (Fsp3) is 0.364. The Balaban J connectivity index is 1.74.